The van der Waals surface area contributed by atoms with Crippen molar-refractivity contribution in [1.29, 1.82) is 0 Å². The van der Waals surface area contributed by atoms with Crippen LogP contribution in [-0.2, 0) is 11.3 Å². The maximum absolute atomic E-state index is 13.1. The van der Waals surface area contributed by atoms with Crippen LogP contribution in [0.25, 0.3) is 22.0 Å². The number of hydrogen-bond donors (Lipinski definition) is 1. The van der Waals surface area contributed by atoms with E-state index in [1.54, 1.807) is 50.5 Å². The first-order valence-corrected chi connectivity index (χ1v) is 10.9. The van der Waals surface area contributed by atoms with Gasteiger partial charge in [-0.1, -0.05) is 42.0 Å². The van der Waals surface area contributed by atoms with Crippen molar-refractivity contribution in [3.63, 3.8) is 0 Å². The minimum atomic E-state index is -0.411. The van der Waals surface area contributed by atoms with Crippen LogP contribution >= 0.6 is 0 Å². The Morgan fingerprint density at radius 2 is 1.68 bits per heavy atom. The minimum absolute atomic E-state index is 0.165. The van der Waals surface area contributed by atoms with Crippen molar-refractivity contribution in [1.82, 2.24) is 14.7 Å². The number of aryl methyl sites for hydroxylation is 2. The number of rotatable bonds is 5. The van der Waals surface area contributed by atoms with E-state index in [0.717, 1.165) is 22.1 Å². The second-order valence-corrected chi connectivity index (χ2v) is 8.50. The maximum Gasteiger partial charge on any atom is 0.275 e. The Morgan fingerprint density at radius 1 is 0.941 bits per heavy atom. The van der Waals surface area contributed by atoms with Gasteiger partial charge in [-0.05, 0) is 49.7 Å². The molecule has 1 heterocycles. The van der Waals surface area contributed by atoms with Crippen LogP contribution in [-0.4, -0.2) is 40.6 Å². The molecule has 34 heavy (non-hydrogen) atoms. The highest BCUT2D eigenvalue weighted by Crippen LogP contribution is 2.28. The molecule has 1 aromatic heterocycles. The summed E-state index contributed by atoms with van der Waals surface area (Å²) in [6.07, 6.45) is 0. The van der Waals surface area contributed by atoms with E-state index in [2.05, 4.69) is 10.4 Å². The molecule has 4 rings (SSSR count). The molecule has 0 unspecified atom stereocenters. The van der Waals surface area contributed by atoms with E-state index in [4.69, 9.17) is 0 Å². The maximum atomic E-state index is 13.1. The highest BCUT2D eigenvalue weighted by Gasteiger charge is 2.16. The van der Waals surface area contributed by atoms with Gasteiger partial charge in [-0.2, -0.15) is 5.10 Å². The smallest absolute Gasteiger partial charge is 0.275 e. The van der Waals surface area contributed by atoms with Crippen molar-refractivity contribution in [2.45, 2.75) is 20.4 Å². The SMILES string of the molecule is Cc1ccc(C)c(-c2nn(CC(=O)Nc3cccc(C(=O)N(C)C)c3)c(=O)c3ccccc23)c1. The fourth-order valence-corrected chi connectivity index (χ4v) is 3.86. The summed E-state index contributed by atoms with van der Waals surface area (Å²) < 4.78 is 1.20. The van der Waals surface area contributed by atoms with Gasteiger partial charge in [0.25, 0.3) is 11.5 Å². The van der Waals surface area contributed by atoms with Gasteiger partial charge in [0.2, 0.25) is 5.91 Å². The lowest BCUT2D eigenvalue weighted by molar-refractivity contribution is -0.117. The molecule has 0 spiro atoms. The second kappa shape index (κ2) is 9.31. The zero-order valence-electron chi connectivity index (χ0n) is 19.6. The molecule has 172 valence electrons. The number of fused-ring (bicyclic) bond motifs is 1. The van der Waals surface area contributed by atoms with E-state index >= 15 is 0 Å². The van der Waals surface area contributed by atoms with E-state index < -0.39 is 5.91 Å². The third-order valence-electron chi connectivity index (χ3n) is 5.61. The molecular formula is C27H26N4O3. The number of carbonyl (C=O) groups is 2. The zero-order valence-corrected chi connectivity index (χ0v) is 19.6. The van der Waals surface area contributed by atoms with Crippen molar-refractivity contribution >= 4 is 28.3 Å². The number of benzene rings is 3. The van der Waals surface area contributed by atoms with Crippen LogP contribution in [0.5, 0.6) is 0 Å². The van der Waals surface area contributed by atoms with Crippen LogP contribution in [0.15, 0.2) is 71.5 Å². The fourth-order valence-electron chi connectivity index (χ4n) is 3.86. The van der Waals surface area contributed by atoms with E-state index in [1.165, 1.54) is 9.58 Å². The van der Waals surface area contributed by atoms with Gasteiger partial charge in [-0.25, -0.2) is 4.68 Å². The molecule has 1 N–H and O–H groups in total. The fraction of sp³-hybridized carbons (Fsp3) is 0.185. The van der Waals surface area contributed by atoms with Crippen LogP contribution in [0.3, 0.4) is 0 Å². The molecule has 0 saturated carbocycles. The topological polar surface area (TPSA) is 84.3 Å². The molecule has 7 nitrogen and oxygen atoms in total. The largest absolute Gasteiger partial charge is 0.345 e. The van der Waals surface area contributed by atoms with Crippen molar-refractivity contribution in [2.24, 2.45) is 0 Å². The van der Waals surface area contributed by atoms with Gasteiger partial charge in [-0.15, -0.1) is 0 Å². The van der Waals surface area contributed by atoms with E-state index in [9.17, 15) is 14.4 Å². The molecule has 4 aromatic rings. The average molecular weight is 455 g/mol. The number of anilines is 1. The Kier molecular flexibility index (Phi) is 6.27. The number of aromatic nitrogens is 2. The highest BCUT2D eigenvalue weighted by molar-refractivity contribution is 5.97. The van der Waals surface area contributed by atoms with Gasteiger partial charge in [0.15, 0.2) is 0 Å². The lowest BCUT2D eigenvalue weighted by Crippen LogP contribution is -2.30. The quantitative estimate of drug-likeness (QED) is 0.494. The molecule has 0 saturated heterocycles. The van der Waals surface area contributed by atoms with E-state index in [1.807, 2.05) is 44.2 Å². The predicted molar refractivity (Wildman–Crippen MR) is 134 cm³/mol. The van der Waals surface area contributed by atoms with Crippen molar-refractivity contribution in [2.75, 3.05) is 19.4 Å². The summed E-state index contributed by atoms with van der Waals surface area (Å²) in [5, 5.41) is 8.62. The molecule has 0 aliphatic heterocycles. The predicted octanol–water partition coefficient (Wildman–Crippen LogP) is 4.02. The summed E-state index contributed by atoms with van der Waals surface area (Å²) in [4.78, 5) is 39.7. The van der Waals surface area contributed by atoms with E-state index in [0.29, 0.717) is 22.3 Å². The van der Waals surface area contributed by atoms with Crippen molar-refractivity contribution in [3.05, 3.63) is 93.8 Å². The molecule has 3 aromatic carbocycles. The van der Waals surface area contributed by atoms with E-state index in [-0.39, 0.29) is 18.0 Å². The number of amides is 2. The van der Waals surface area contributed by atoms with Crippen molar-refractivity contribution in [3.8, 4) is 11.3 Å². The van der Waals surface area contributed by atoms with Crippen LogP contribution in [0.2, 0.25) is 0 Å². The Balaban J connectivity index is 1.70. The first kappa shape index (κ1) is 22.9. The first-order valence-electron chi connectivity index (χ1n) is 10.9. The third-order valence-corrected chi connectivity index (χ3v) is 5.61. The second-order valence-electron chi connectivity index (χ2n) is 8.50. The van der Waals surface area contributed by atoms with Crippen LogP contribution in [0.4, 0.5) is 5.69 Å². The summed E-state index contributed by atoms with van der Waals surface area (Å²) in [5.41, 5.74) is 4.27. The van der Waals surface area contributed by atoms with Crippen LogP contribution in [0, 0.1) is 13.8 Å². The average Bonchev–Trinajstić information content (AvgIpc) is 2.82. The van der Waals surface area contributed by atoms with Crippen molar-refractivity contribution < 1.29 is 9.59 Å². The third kappa shape index (κ3) is 4.59. The van der Waals surface area contributed by atoms with Crippen LogP contribution < -0.4 is 10.9 Å². The number of nitrogens with one attached hydrogen (secondary N) is 1. The van der Waals surface area contributed by atoms with Gasteiger partial charge in [-0.3, -0.25) is 14.4 Å². The summed E-state index contributed by atoms with van der Waals surface area (Å²) in [6, 6.07) is 20.1. The molecule has 0 radical (unpaired) electrons. The Morgan fingerprint density at radius 3 is 2.41 bits per heavy atom. The first-order chi connectivity index (χ1) is 16.2. The molecule has 0 aliphatic carbocycles. The Hall–Kier alpha value is -4.26. The zero-order chi connectivity index (χ0) is 24.4. The summed E-state index contributed by atoms with van der Waals surface area (Å²) in [5.74, 6) is -0.576. The number of nitrogens with zero attached hydrogens (tertiary/aromatic N) is 3. The summed E-state index contributed by atoms with van der Waals surface area (Å²) in [7, 11) is 3.33. The van der Waals surface area contributed by atoms with Gasteiger partial charge < -0.3 is 10.2 Å². The van der Waals surface area contributed by atoms with Gasteiger partial charge in [0, 0.05) is 36.3 Å². The number of carbonyl (C=O) groups excluding carboxylic acids is 2. The summed E-state index contributed by atoms with van der Waals surface area (Å²) in [6.45, 7) is 3.74. The Bertz CT molecular complexity index is 1470. The molecular weight excluding hydrogens is 428 g/mol. The normalized spacial score (nSPS) is 10.8. The molecule has 2 amide bonds. The van der Waals surface area contributed by atoms with Crippen LogP contribution in [0.1, 0.15) is 21.5 Å². The standard InChI is InChI=1S/C27H26N4O3/c1-17-12-13-18(2)23(14-17)25-21-10-5-6-11-22(21)27(34)31(29-25)16-24(32)28-20-9-7-8-19(15-20)26(33)30(3)4/h5-15H,16H2,1-4H3,(H,28,32). The molecule has 0 fully saturated rings. The van der Waals surface area contributed by atoms with Gasteiger partial charge >= 0.3 is 0 Å². The molecule has 0 bridgehead atoms. The monoisotopic (exact) mass is 454 g/mol. The lowest BCUT2D eigenvalue weighted by Gasteiger charge is -2.14. The highest BCUT2D eigenvalue weighted by atomic mass is 16.2. The van der Waals surface area contributed by atoms with Gasteiger partial charge in [0.05, 0.1) is 11.1 Å². The molecule has 0 aliphatic rings. The molecule has 7 heteroatoms. The molecule has 0 atom stereocenters. The number of hydrogen-bond acceptors (Lipinski definition) is 4. The lowest BCUT2D eigenvalue weighted by atomic mass is 9.99. The summed E-state index contributed by atoms with van der Waals surface area (Å²) >= 11 is 0. The Labute approximate surface area is 197 Å². The minimum Gasteiger partial charge on any atom is -0.345 e. The van der Waals surface area contributed by atoms with Gasteiger partial charge in [0.1, 0.15) is 6.54 Å².